The maximum atomic E-state index is 12.8. The highest BCUT2D eigenvalue weighted by molar-refractivity contribution is 9.10. The van der Waals surface area contributed by atoms with Gasteiger partial charge in [0, 0.05) is 37.7 Å². The summed E-state index contributed by atoms with van der Waals surface area (Å²) in [5, 5.41) is 5.07. The Labute approximate surface area is 161 Å². The molecular weight excluding hydrogens is 404 g/mol. The van der Waals surface area contributed by atoms with Crippen LogP contribution in [0.1, 0.15) is 24.2 Å². The van der Waals surface area contributed by atoms with E-state index in [1.807, 2.05) is 30.9 Å². The zero-order valence-electron chi connectivity index (χ0n) is 14.5. The fourth-order valence-corrected chi connectivity index (χ4v) is 3.54. The molecule has 7 heteroatoms. The van der Waals surface area contributed by atoms with Crippen LogP contribution in [0.15, 0.2) is 34.9 Å². The van der Waals surface area contributed by atoms with Crippen LogP contribution < -0.4 is 0 Å². The second-order valence-electron chi connectivity index (χ2n) is 6.43. The number of piperazine rings is 1. The van der Waals surface area contributed by atoms with Crippen LogP contribution >= 0.6 is 27.5 Å². The lowest BCUT2D eigenvalue weighted by atomic mass is 10.2. The quantitative estimate of drug-likeness (QED) is 0.753. The number of carbonyl (C=O) groups is 1. The molecule has 5 nitrogen and oxygen atoms in total. The summed E-state index contributed by atoms with van der Waals surface area (Å²) < 4.78 is 2.71. The Hall–Kier alpha value is -1.37. The summed E-state index contributed by atoms with van der Waals surface area (Å²) in [6, 6.07) is 7.67. The van der Waals surface area contributed by atoms with Crippen LogP contribution in [0.25, 0.3) is 0 Å². The zero-order chi connectivity index (χ0) is 18.0. The highest BCUT2D eigenvalue weighted by atomic mass is 79.9. The van der Waals surface area contributed by atoms with Crippen molar-refractivity contribution in [2.75, 3.05) is 26.2 Å². The van der Waals surface area contributed by atoms with E-state index in [2.05, 4.69) is 38.1 Å². The maximum Gasteiger partial charge on any atom is 0.247 e. The number of carbonyl (C=O) groups excluding carboxylic acids is 1. The normalized spacial score (nSPS) is 16.9. The van der Waals surface area contributed by atoms with Crippen LogP contribution in [0.3, 0.4) is 0 Å². The molecule has 1 aliphatic heterocycles. The first-order valence-electron chi connectivity index (χ1n) is 8.41. The average molecular weight is 426 g/mol. The molecule has 2 aromatic rings. The lowest BCUT2D eigenvalue weighted by molar-refractivity contribution is -0.136. The molecule has 3 rings (SSSR count). The first kappa shape index (κ1) is 18.4. The fraction of sp³-hybridized carbons (Fsp3) is 0.444. The Bertz CT molecular complexity index is 738. The highest BCUT2D eigenvalue weighted by Crippen LogP contribution is 2.20. The van der Waals surface area contributed by atoms with Crippen molar-refractivity contribution in [3.63, 3.8) is 0 Å². The fourth-order valence-electron chi connectivity index (χ4n) is 3.14. The molecule has 0 bridgehead atoms. The van der Waals surface area contributed by atoms with Crippen LogP contribution in [-0.4, -0.2) is 51.7 Å². The van der Waals surface area contributed by atoms with Crippen LogP contribution in [0, 0.1) is 6.92 Å². The lowest BCUT2D eigenvalue weighted by Gasteiger charge is -2.36. The number of halogens is 2. The topological polar surface area (TPSA) is 41.4 Å². The highest BCUT2D eigenvalue weighted by Gasteiger charge is 2.27. The van der Waals surface area contributed by atoms with E-state index in [1.165, 1.54) is 5.56 Å². The Morgan fingerprint density at radius 3 is 2.44 bits per heavy atom. The van der Waals surface area contributed by atoms with Crippen LogP contribution in [0.2, 0.25) is 5.02 Å². The summed E-state index contributed by atoms with van der Waals surface area (Å²) in [4.78, 5) is 17.1. The third kappa shape index (κ3) is 4.25. The molecule has 25 heavy (non-hydrogen) atoms. The molecule has 0 N–H and O–H groups in total. The minimum absolute atomic E-state index is 0.129. The molecule has 1 aromatic carbocycles. The van der Waals surface area contributed by atoms with E-state index in [0.29, 0.717) is 0 Å². The lowest BCUT2D eigenvalue weighted by Crippen LogP contribution is -2.50. The molecule has 1 amide bonds. The summed E-state index contributed by atoms with van der Waals surface area (Å²) in [6.07, 6.45) is 1.74. The molecule has 1 saturated heterocycles. The van der Waals surface area contributed by atoms with E-state index < -0.39 is 0 Å². The van der Waals surface area contributed by atoms with Gasteiger partial charge in [0.25, 0.3) is 0 Å². The summed E-state index contributed by atoms with van der Waals surface area (Å²) in [6.45, 7) is 8.02. The van der Waals surface area contributed by atoms with Gasteiger partial charge in [0.15, 0.2) is 0 Å². The number of hydrogen-bond acceptors (Lipinski definition) is 3. The summed E-state index contributed by atoms with van der Waals surface area (Å²) in [7, 11) is 0. The van der Waals surface area contributed by atoms with E-state index in [0.717, 1.165) is 47.9 Å². The van der Waals surface area contributed by atoms with Crippen molar-refractivity contribution < 1.29 is 4.79 Å². The molecule has 1 aliphatic rings. The standard InChI is InChI=1S/C18H22BrClN4O/c1-13-17(19)11-21-24(13)14(2)18(25)23-9-7-22(8-10-23)12-15-3-5-16(20)6-4-15/h3-6,11,14H,7-10,12H2,1-2H3. The SMILES string of the molecule is Cc1c(Br)cnn1C(C)C(=O)N1CCN(Cc2ccc(Cl)cc2)CC1. The van der Waals surface area contributed by atoms with Gasteiger partial charge in [-0.05, 0) is 47.5 Å². The molecule has 1 fully saturated rings. The first-order chi connectivity index (χ1) is 12.0. The van der Waals surface area contributed by atoms with Gasteiger partial charge < -0.3 is 4.90 Å². The molecule has 1 atom stereocenters. The number of nitrogens with zero attached hydrogens (tertiary/aromatic N) is 4. The summed E-state index contributed by atoms with van der Waals surface area (Å²) >= 11 is 9.38. The number of benzene rings is 1. The van der Waals surface area contributed by atoms with Gasteiger partial charge >= 0.3 is 0 Å². The minimum Gasteiger partial charge on any atom is -0.338 e. The van der Waals surface area contributed by atoms with Gasteiger partial charge in [-0.25, -0.2) is 0 Å². The number of aromatic nitrogens is 2. The molecule has 134 valence electrons. The predicted molar refractivity (Wildman–Crippen MR) is 103 cm³/mol. The molecule has 0 spiro atoms. The van der Waals surface area contributed by atoms with Crippen LogP contribution in [-0.2, 0) is 11.3 Å². The van der Waals surface area contributed by atoms with E-state index in [1.54, 1.807) is 10.9 Å². The van der Waals surface area contributed by atoms with Gasteiger partial charge in [0.2, 0.25) is 5.91 Å². The first-order valence-corrected chi connectivity index (χ1v) is 9.58. The molecular formula is C18H22BrClN4O. The van der Waals surface area contributed by atoms with Gasteiger partial charge in [-0.1, -0.05) is 23.7 Å². The van der Waals surface area contributed by atoms with Gasteiger partial charge in [-0.2, -0.15) is 5.10 Å². The van der Waals surface area contributed by atoms with Crippen molar-refractivity contribution in [2.45, 2.75) is 26.4 Å². The third-order valence-corrected chi connectivity index (χ3v) is 5.74. The van der Waals surface area contributed by atoms with E-state index in [-0.39, 0.29) is 11.9 Å². The Morgan fingerprint density at radius 2 is 1.88 bits per heavy atom. The van der Waals surface area contributed by atoms with E-state index in [4.69, 9.17) is 11.6 Å². The minimum atomic E-state index is -0.283. The molecule has 0 saturated carbocycles. The van der Waals surface area contributed by atoms with E-state index in [9.17, 15) is 4.79 Å². The molecule has 0 aliphatic carbocycles. The average Bonchev–Trinajstić information content (AvgIpc) is 2.95. The number of hydrogen-bond donors (Lipinski definition) is 0. The molecule has 2 heterocycles. The molecule has 0 radical (unpaired) electrons. The molecule has 1 aromatic heterocycles. The summed E-state index contributed by atoms with van der Waals surface area (Å²) in [5.41, 5.74) is 2.22. The second kappa shape index (κ2) is 7.89. The predicted octanol–water partition coefficient (Wildman–Crippen LogP) is 3.51. The van der Waals surface area contributed by atoms with Gasteiger partial charge in [-0.3, -0.25) is 14.4 Å². The Morgan fingerprint density at radius 1 is 1.24 bits per heavy atom. The Kier molecular flexibility index (Phi) is 5.81. The van der Waals surface area contributed by atoms with Crippen molar-refractivity contribution in [2.24, 2.45) is 0 Å². The van der Waals surface area contributed by atoms with Crippen LogP contribution in [0.4, 0.5) is 0 Å². The maximum absolute atomic E-state index is 12.8. The van der Waals surface area contributed by atoms with E-state index >= 15 is 0 Å². The van der Waals surface area contributed by atoms with Crippen molar-refractivity contribution in [1.29, 1.82) is 0 Å². The van der Waals surface area contributed by atoms with Gasteiger partial charge in [0.05, 0.1) is 16.4 Å². The molecule has 1 unspecified atom stereocenters. The third-order valence-electron chi connectivity index (χ3n) is 4.71. The largest absolute Gasteiger partial charge is 0.338 e. The Balaban J connectivity index is 1.55. The second-order valence-corrected chi connectivity index (χ2v) is 7.72. The number of rotatable bonds is 4. The van der Waals surface area contributed by atoms with Crippen LogP contribution in [0.5, 0.6) is 0 Å². The van der Waals surface area contributed by atoms with Gasteiger partial charge in [0.1, 0.15) is 6.04 Å². The summed E-state index contributed by atoms with van der Waals surface area (Å²) in [5.74, 6) is 0.129. The van der Waals surface area contributed by atoms with Gasteiger partial charge in [-0.15, -0.1) is 0 Å². The van der Waals surface area contributed by atoms with Crippen molar-refractivity contribution >= 4 is 33.4 Å². The monoisotopic (exact) mass is 424 g/mol. The smallest absolute Gasteiger partial charge is 0.247 e. The van der Waals surface area contributed by atoms with Crippen molar-refractivity contribution in [3.05, 3.63) is 51.2 Å². The number of amides is 1. The zero-order valence-corrected chi connectivity index (χ0v) is 16.8. The van der Waals surface area contributed by atoms with Crippen molar-refractivity contribution in [1.82, 2.24) is 19.6 Å². The van der Waals surface area contributed by atoms with Crippen molar-refractivity contribution in [3.8, 4) is 0 Å².